The molecule has 0 radical (unpaired) electrons. The van der Waals surface area contributed by atoms with E-state index in [2.05, 4.69) is 5.32 Å². The van der Waals surface area contributed by atoms with Crippen LogP contribution in [0.15, 0.2) is 36.4 Å². The van der Waals surface area contributed by atoms with Crippen molar-refractivity contribution in [1.29, 1.82) is 0 Å². The molecule has 2 aliphatic rings. The molecule has 136 valence electrons. The molecule has 6 heteroatoms. The number of hydrogen-bond donors (Lipinski definition) is 2. The van der Waals surface area contributed by atoms with Crippen LogP contribution in [0.1, 0.15) is 29.3 Å². The molecule has 0 fully saturated rings. The van der Waals surface area contributed by atoms with Crippen molar-refractivity contribution in [3.05, 3.63) is 58.9 Å². The van der Waals surface area contributed by atoms with Crippen LogP contribution in [0.2, 0.25) is 0 Å². The Morgan fingerprint density at radius 3 is 2.81 bits per heavy atom. The molecule has 0 spiro atoms. The monoisotopic (exact) mass is 356 g/mol. The Hall–Kier alpha value is -2.57. The van der Waals surface area contributed by atoms with E-state index in [0.29, 0.717) is 26.4 Å². The largest absolute Gasteiger partial charge is 0.490 e. The van der Waals surface area contributed by atoms with Crippen LogP contribution in [0.5, 0.6) is 11.5 Å². The summed E-state index contributed by atoms with van der Waals surface area (Å²) in [7, 11) is 0. The van der Waals surface area contributed by atoms with Crippen molar-refractivity contribution >= 4 is 11.8 Å². The van der Waals surface area contributed by atoms with E-state index in [-0.39, 0.29) is 5.82 Å². The smallest absolute Gasteiger partial charge is 0.161 e. The maximum absolute atomic E-state index is 13.7. The molecule has 2 heterocycles. The van der Waals surface area contributed by atoms with Gasteiger partial charge in [0.15, 0.2) is 17.7 Å². The quantitative estimate of drug-likeness (QED) is 0.881. The van der Waals surface area contributed by atoms with Crippen molar-refractivity contribution in [2.24, 2.45) is 5.73 Å². The third-order valence-electron chi connectivity index (χ3n) is 4.38. The summed E-state index contributed by atoms with van der Waals surface area (Å²) in [6, 6.07) is 10.5. The predicted octanol–water partition coefficient (Wildman–Crippen LogP) is 3.06. The Bertz CT molecular complexity index is 838. The highest BCUT2D eigenvalue weighted by molar-refractivity contribution is 5.84. The molecule has 3 N–H and O–H groups in total. The number of fused-ring (bicyclic) bond motifs is 2. The van der Waals surface area contributed by atoms with E-state index in [1.54, 1.807) is 6.07 Å². The van der Waals surface area contributed by atoms with Crippen molar-refractivity contribution in [2.45, 2.75) is 12.6 Å². The zero-order chi connectivity index (χ0) is 17.9. The fraction of sp³-hybridized carbons (Fsp3) is 0.300. The fourth-order valence-corrected chi connectivity index (χ4v) is 3.14. The van der Waals surface area contributed by atoms with Crippen LogP contribution in [-0.2, 0) is 4.74 Å². The van der Waals surface area contributed by atoms with Gasteiger partial charge in [-0.3, -0.25) is 0 Å². The second-order valence-corrected chi connectivity index (χ2v) is 6.23. The molecule has 0 saturated heterocycles. The first-order valence-electron chi connectivity index (χ1n) is 8.74. The van der Waals surface area contributed by atoms with Gasteiger partial charge >= 0.3 is 0 Å². The Morgan fingerprint density at radius 1 is 1.12 bits per heavy atom. The van der Waals surface area contributed by atoms with E-state index >= 15 is 0 Å². The molecule has 1 atom stereocenters. The summed E-state index contributed by atoms with van der Waals surface area (Å²) in [6.45, 7) is 2.06. The molecule has 2 aliphatic heterocycles. The Morgan fingerprint density at radius 2 is 1.96 bits per heavy atom. The van der Waals surface area contributed by atoms with Gasteiger partial charge in [-0.05, 0) is 42.0 Å². The van der Waals surface area contributed by atoms with Crippen molar-refractivity contribution in [3.8, 4) is 11.5 Å². The number of rotatable bonds is 4. The van der Waals surface area contributed by atoms with Gasteiger partial charge in [0, 0.05) is 29.8 Å². The van der Waals surface area contributed by atoms with Crippen LogP contribution in [0.4, 0.5) is 4.39 Å². The SMILES string of the molecule is NCCOC1NC(c2ccc3c(c2)OCCCO3)=Cc2ccc(F)cc21. The minimum atomic E-state index is -0.458. The second kappa shape index (κ2) is 7.35. The van der Waals surface area contributed by atoms with Crippen molar-refractivity contribution in [1.82, 2.24) is 5.32 Å². The molecular formula is C20H21FN2O3. The van der Waals surface area contributed by atoms with Gasteiger partial charge in [-0.25, -0.2) is 4.39 Å². The number of nitrogens with one attached hydrogen (secondary N) is 1. The minimum Gasteiger partial charge on any atom is -0.490 e. The lowest BCUT2D eigenvalue weighted by Gasteiger charge is -2.28. The van der Waals surface area contributed by atoms with E-state index in [0.717, 1.165) is 40.3 Å². The molecule has 0 amide bonds. The standard InChI is InChI=1S/C20H21FN2O3/c21-15-4-2-13-10-17(23-20(16(13)12-15)26-9-6-22)14-3-5-18-19(11-14)25-8-1-7-24-18/h2-5,10-12,20,23H,1,6-9,22H2. The normalized spacial score (nSPS) is 18.4. The first-order chi connectivity index (χ1) is 12.7. The average molecular weight is 356 g/mol. The highest BCUT2D eigenvalue weighted by Crippen LogP contribution is 2.36. The van der Waals surface area contributed by atoms with E-state index < -0.39 is 6.23 Å². The Labute approximate surface area is 151 Å². The third kappa shape index (κ3) is 3.38. The summed E-state index contributed by atoms with van der Waals surface area (Å²) in [5.41, 5.74) is 9.06. The molecule has 0 aromatic heterocycles. The highest BCUT2D eigenvalue weighted by atomic mass is 19.1. The number of halogens is 1. The van der Waals surface area contributed by atoms with E-state index in [4.69, 9.17) is 19.9 Å². The zero-order valence-electron chi connectivity index (χ0n) is 14.3. The molecular weight excluding hydrogens is 335 g/mol. The molecule has 0 saturated carbocycles. The molecule has 26 heavy (non-hydrogen) atoms. The average Bonchev–Trinajstić information content (AvgIpc) is 2.90. The summed E-state index contributed by atoms with van der Waals surface area (Å²) in [6.07, 6.45) is 2.38. The topological polar surface area (TPSA) is 65.7 Å². The predicted molar refractivity (Wildman–Crippen MR) is 97.2 cm³/mol. The lowest BCUT2D eigenvalue weighted by molar-refractivity contribution is 0.0446. The van der Waals surface area contributed by atoms with Crippen LogP contribution < -0.4 is 20.5 Å². The van der Waals surface area contributed by atoms with Crippen LogP contribution in [-0.4, -0.2) is 26.4 Å². The van der Waals surface area contributed by atoms with Gasteiger partial charge in [0.25, 0.3) is 0 Å². The van der Waals surface area contributed by atoms with Gasteiger partial charge in [0.1, 0.15) is 5.82 Å². The van der Waals surface area contributed by atoms with E-state index in [1.165, 1.54) is 12.1 Å². The highest BCUT2D eigenvalue weighted by Gasteiger charge is 2.23. The zero-order valence-corrected chi connectivity index (χ0v) is 14.3. The molecule has 2 aromatic carbocycles. The molecule has 2 aromatic rings. The number of nitrogens with two attached hydrogens (primary N) is 1. The molecule has 4 rings (SSSR count). The van der Waals surface area contributed by atoms with Crippen LogP contribution >= 0.6 is 0 Å². The third-order valence-corrected chi connectivity index (χ3v) is 4.38. The van der Waals surface area contributed by atoms with Gasteiger partial charge in [-0.15, -0.1) is 0 Å². The van der Waals surface area contributed by atoms with E-state index in [1.807, 2.05) is 24.3 Å². The summed E-state index contributed by atoms with van der Waals surface area (Å²) in [5.74, 6) is 1.19. The van der Waals surface area contributed by atoms with Crippen molar-refractivity contribution in [3.63, 3.8) is 0 Å². The molecule has 1 unspecified atom stereocenters. The number of hydrogen-bond acceptors (Lipinski definition) is 5. The van der Waals surface area contributed by atoms with Gasteiger partial charge in [-0.1, -0.05) is 6.07 Å². The van der Waals surface area contributed by atoms with Gasteiger partial charge in [-0.2, -0.15) is 0 Å². The Kier molecular flexibility index (Phi) is 4.77. The maximum Gasteiger partial charge on any atom is 0.161 e. The Balaban J connectivity index is 1.70. The van der Waals surface area contributed by atoms with Crippen LogP contribution in [0, 0.1) is 5.82 Å². The summed E-state index contributed by atoms with van der Waals surface area (Å²) in [5, 5.41) is 3.33. The fourth-order valence-electron chi connectivity index (χ4n) is 3.14. The first-order valence-corrected chi connectivity index (χ1v) is 8.74. The summed E-state index contributed by atoms with van der Waals surface area (Å²) in [4.78, 5) is 0. The minimum absolute atomic E-state index is 0.292. The summed E-state index contributed by atoms with van der Waals surface area (Å²) >= 11 is 0. The molecule has 0 aliphatic carbocycles. The maximum atomic E-state index is 13.7. The number of benzene rings is 2. The summed E-state index contributed by atoms with van der Waals surface area (Å²) < 4.78 is 30.9. The lowest BCUT2D eigenvalue weighted by atomic mass is 9.98. The molecule has 0 bridgehead atoms. The van der Waals surface area contributed by atoms with E-state index in [9.17, 15) is 4.39 Å². The van der Waals surface area contributed by atoms with Crippen LogP contribution in [0.3, 0.4) is 0 Å². The van der Waals surface area contributed by atoms with Gasteiger partial charge < -0.3 is 25.3 Å². The lowest BCUT2D eigenvalue weighted by Crippen LogP contribution is -2.28. The van der Waals surface area contributed by atoms with Gasteiger partial charge in [0.05, 0.1) is 19.8 Å². The molecule has 5 nitrogen and oxygen atoms in total. The first kappa shape index (κ1) is 16.9. The second-order valence-electron chi connectivity index (χ2n) is 6.23. The van der Waals surface area contributed by atoms with Gasteiger partial charge in [0.2, 0.25) is 0 Å². The number of ether oxygens (including phenoxy) is 3. The van der Waals surface area contributed by atoms with Crippen LogP contribution in [0.25, 0.3) is 11.8 Å². The van der Waals surface area contributed by atoms with Crippen molar-refractivity contribution < 1.29 is 18.6 Å². The van der Waals surface area contributed by atoms with Crippen molar-refractivity contribution in [2.75, 3.05) is 26.4 Å².